The van der Waals surface area contributed by atoms with Gasteiger partial charge in [0.05, 0.1) is 5.69 Å². The van der Waals surface area contributed by atoms with Crippen molar-refractivity contribution in [1.82, 2.24) is 20.2 Å². The number of para-hydroxylation sites is 1. The van der Waals surface area contributed by atoms with Crippen molar-refractivity contribution in [3.63, 3.8) is 0 Å². The van der Waals surface area contributed by atoms with E-state index in [4.69, 9.17) is 0 Å². The number of carbonyl (C=O) groups excluding carboxylic acids is 1. The maximum atomic E-state index is 13.5. The molecule has 3 rings (SSSR count). The Bertz CT molecular complexity index is 813. The zero-order chi connectivity index (χ0) is 15.5. The summed E-state index contributed by atoms with van der Waals surface area (Å²) in [6.45, 7) is 0. The normalized spacial score (nSPS) is 10.5. The molecule has 3 aromatic rings. The lowest BCUT2D eigenvalue weighted by molar-refractivity contribution is 0.102. The summed E-state index contributed by atoms with van der Waals surface area (Å²) in [5, 5.41) is 13.7. The molecule has 1 N–H and O–H groups in total. The fourth-order valence-electron chi connectivity index (χ4n) is 2.00. The third-order valence-electron chi connectivity index (χ3n) is 3.15. The number of halogens is 1. The summed E-state index contributed by atoms with van der Waals surface area (Å²) in [5.74, 6) is -0.258. The Morgan fingerprint density at radius 3 is 2.50 bits per heavy atom. The number of amides is 1. The highest BCUT2D eigenvalue weighted by molar-refractivity contribution is 6.04. The Kier molecular flexibility index (Phi) is 3.61. The van der Waals surface area contributed by atoms with Crippen molar-refractivity contribution < 1.29 is 9.18 Å². The Morgan fingerprint density at radius 1 is 1.14 bits per heavy atom. The first kappa shape index (κ1) is 13.9. The van der Waals surface area contributed by atoms with Crippen LogP contribution in [0.25, 0.3) is 11.4 Å². The van der Waals surface area contributed by atoms with Crippen LogP contribution in [0.3, 0.4) is 0 Å². The fourth-order valence-corrected chi connectivity index (χ4v) is 2.00. The van der Waals surface area contributed by atoms with Gasteiger partial charge in [-0.3, -0.25) is 4.79 Å². The van der Waals surface area contributed by atoms with Crippen LogP contribution < -0.4 is 5.32 Å². The average Bonchev–Trinajstić information content (AvgIpc) is 2.96. The molecular weight excluding hydrogens is 285 g/mol. The molecule has 1 aromatic heterocycles. The lowest BCUT2D eigenvalue weighted by atomic mass is 10.1. The van der Waals surface area contributed by atoms with Crippen LogP contribution in [0, 0.1) is 5.82 Å². The van der Waals surface area contributed by atoms with Gasteiger partial charge in [-0.2, -0.15) is 0 Å². The van der Waals surface area contributed by atoms with E-state index in [-0.39, 0.29) is 11.6 Å². The Hall–Kier alpha value is -3.09. The van der Waals surface area contributed by atoms with Crippen LogP contribution >= 0.6 is 0 Å². The van der Waals surface area contributed by atoms with Gasteiger partial charge in [0.1, 0.15) is 5.82 Å². The molecule has 7 heteroatoms. The van der Waals surface area contributed by atoms with Gasteiger partial charge in [-0.1, -0.05) is 24.3 Å². The molecule has 22 heavy (non-hydrogen) atoms. The number of aryl methyl sites for hydroxylation is 1. The summed E-state index contributed by atoms with van der Waals surface area (Å²) in [4.78, 5) is 12.1. The van der Waals surface area contributed by atoms with Crippen LogP contribution in [0.15, 0.2) is 48.5 Å². The molecule has 0 aliphatic carbocycles. The van der Waals surface area contributed by atoms with Crippen LogP contribution in [-0.2, 0) is 7.05 Å². The molecule has 0 atom stereocenters. The molecule has 1 heterocycles. The topological polar surface area (TPSA) is 72.7 Å². The minimum Gasteiger partial charge on any atom is -0.319 e. The maximum Gasteiger partial charge on any atom is 0.255 e. The fraction of sp³-hybridized carbons (Fsp3) is 0.0667. The summed E-state index contributed by atoms with van der Waals surface area (Å²) >= 11 is 0. The molecule has 0 saturated heterocycles. The van der Waals surface area contributed by atoms with Crippen molar-refractivity contribution >= 4 is 11.6 Å². The zero-order valence-electron chi connectivity index (χ0n) is 11.7. The van der Waals surface area contributed by atoms with Gasteiger partial charge >= 0.3 is 0 Å². The number of anilines is 1. The van der Waals surface area contributed by atoms with E-state index in [2.05, 4.69) is 20.8 Å². The molecule has 0 spiro atoms. The highest BCUT2D eigenvalue weighted by Crippen LogP contribution is 2.17. The van der Waals surface area contributed by atoms with E-state index in [0.29, 0.717) is 11.4 Å². The van der Waals surface area contributed by atoms with E-state index in [9.17, 15) is 9.18 Å². The first-order chi connectivity index (χ1) is 10.6. The van der Waals surface area contributed by atoms with Crippen molar-refractivity contribution in [3.05, 3.63) is 59.9 Å². The molecule has 0 aliphatic rings. The standard InChI is InChI=1S/C15H12FN5O/c1-21-14(18-19-20-21)10-6-8-11(9-7-10)15(22)17-13-5-3-2-4-12(13)16/h2-9H,1H3,(H,17,22). The summed E-state index contributed by atoms with van der Waals surface area (Å²) in [5.41, 5.74) is 1.35. The van der Waals surface area contributed by atoms with Crippen molar-refractivity contribution in [2.75, 3.05) is 5.32 Å². The highest BCUT2D eigenvalue weighted by Gasteiger charge is 2.10. The summed E-state index contributed by atoms with van der Waals surface area (Å²) < 4.78 is 15.1. The predicted molar refractivity (Wildman–Crippen MR) is 78.6 cm³/mol. The van der Waals surface area contributed by atoms with Gasteiger partial charge in [-0.25, -0.2) is 9.07 Å². The molecule has 0 saturated carbocycles. The summed E-state index contributed by atoms with van der Waals surface area (Å²) in [6, 6.07) is 12.8. The molecule has 6 nitrogen and oxygen atoms in total. The number of rotatable bonds is 3. The average molecular weight is 297 g/mol. The second kappa shape index (κ2) is 5.72. The van der Waals surface area contributed by atoms with Gasteiger partial charge in [-0.15, -0.1) is 5.10 Å². The Balaban J connectivity index is 1.80. The Morgan fingerprint density at radius 2 is 1.86 bits per heavy atom. The quantitative estimate of drug-likeness (QED) is 0.805. The van der Waals surface area contributed by atoms with Crippen LogP contribution in [0.1, 0.15) is 10.4 Å². The van der Waals surface area contributed by atoms with Crippen molar-refractivity contribution in [2.45, 2.75) is 0 Å². The van der Waals surface area contributed by atoms with Gasteiger partial charge in [-0.05, 0) is 34.7 Å². The third kappa shape index (κ3) is 2.69. The smallest absolute Gasteiger partial charge is 0.255 e. The van der Waals surface area contributed by atoms with Crippen molar-refractivity contribution in [2.24, 2.45) is 7.05 Å². The molecular formula is C15H12FN5O. The first-order valence-corrected chi connectivity index (χ1v) is 6.54. The molecule has 0 fully saturated rings. The van der Waals surface area contributed by atoms with Gasteiger partial charge in [0.2, 0.25) is 0 Å². The third-order valence-corrected chi connectivity index (χ3v) is 3.15. The first-order valence-electron chi connectivity index (χ1n) is 6.54. The van der Waals surface area contributed by atoms with Gasteiger partial charge in [0.25, 0.3) is 5.91 Å². The molecule has 0 bridgehead atoms. The van der Waals surface area contributed by atoms with Gasteiger partial charge < -0.3 is 5.32 Å². The Labute approximate surface area is 125 Å². The summed E-state index contributed by atoms with van der Waals surface area (Å²) in [7, 11) is 1.73. The molecule has 0 aliphatic heterocycles. The number of tetrazole rings is 1. The number of nitrogens with one attached hydrogen (secondary N) is 1. The van der Waals surface area contributed by atoms with E-state index >= 15 is 0 Å². The number of carbonyl (C=O) groups is 1. The monoisotopic (exact) mass is 297 g/mol. The van der Waals surface area contributed by atoms with Crippen LogP contribution in [0.2, 0.25) is 0 Å². The minimum absolute atomic E-state index is 0.147. The number of hydrogen-bond acceptors (Lipinski definition) is 4. The second-order valence-electron chi connectivity index (χ2n) is 4.64. The molecule has 1 amide bonds. The van der Waals surface area contributed by atoms with Crippen LogP contribution in [0.4, 0.5) is 10.1 Å². The highest BCUT2D eigenvalue weighted by atomic mass is 19.1. The van der Waals surface area contributed by atoms with Gasteiger partial charge in [0, 0.05) is 18.2 Å². The lowest BCUT2D eigenvalue weighted by Crippen LogP contribution is -2.12. The molecule has 2 aromatic carbocycles. The minimum atomic E-state index is -0.474. The second-order valence-corrected chi connectivity index (χ2v) is 4.64. The van der Waals surface area contributed by atoms with E-state index in [1.54, 1.807) is 43.4 Å². The molecule has 0 unspecified atom stereocenters. The SMILES string of the molecule is Cn1nnnc1-c1ccc(C(=O)Nc2ccccc2F)cc1. The van der Waals surface area contributed by atoms with Crippen LogP contribution in [-0.4, -0.2) is 26.1 Å². The van der Waals surface area contributed by atoms with E-state index in [1.807, 2.05) is 0 Å². The number of aromatic nitrogens is 4. The zero-order valence-corrected chi connectivity index (χ0v) is 11.7. The van der Waals surface area contributed by atoms with Crippen LogP contribution in [0.5, 0.6) is 0 Å². The molecule has 110 valence electrons. The van der Waals surface area contributed by atoms with E-state index in [1.165, 1.54) is 16.8 Å². The van der Waals surface area contributed by atoms with E-state index in [0.717, 1.165) is 5.56 Å². The molecule has 0 radical (unpaired) electrons. The maximum absolute atomic E-state index is 13.5. The van der Waals surface area contributed by atoms with Crippen molar-refractivity contribution in [1.29, 1.82) is 0 Å². The predicted octanol–water partition coefficient (Wildman–Crippen LogP) is 2.27. The van der Waals surface area contributed by atoms with Gasteiger partial charge in [0.15, 0.2) is 5.82 Å². The number of nitrogens with zero attached hydrogens (tertiary/aromatic N) is 4. The number of benzene rings is 2. The number of hydrogen-bond donors (Lipinski definition) is 1. The summed E-state index contributed by atoms with van der Waals surface area (Å²) in [6.07, 6.45) is 0. The van der Waals surface area contributed by atoms with E-state index < -0.39 is 5.82 Å². The largest absolute Gasteiger partial charge is 0.319 e. The lowest BCUT2D eigenvalue weighted by Gasteiger charge is -2.06. The van der Waals surface area contributed by atoms with Crippen molar-refractivity contribution in [3.8, 4) is 11.4 Å².